The number of aryl methyl sites for hydroxylation is 2. The number of aliphatic hydroxyl groups is 1. The number of benzene rings is 1. The van der Waals surface area contributed by atoms with Gasteiger partial charge in [-0.3, -0.25) is 4.79 Å². The highest BCUT2D eigenvalue weighted by molar-refractivity contribution is 5.77. The van der Waals surface area contributed by atoms with E-state index in [4.69, 9.17) is 14.6 Å². The first kappa shape index (κ1) is 16.5. The highest BCUT2D eigenvalue weighted by Gasteiger charge is 2.03. The number of ether oxygens (including phenoxy) is 2. The summed E-state index contributed by atoms with van der Waals surface area (Å²) in [5, 5.41) is 11.3. The third-order valence-corrected chi connectivity index (χ3v) is 2.59. The molecule has 5 heteroatoms. The highest BCUT2D eigenvalue weighted by atomic mass is 16.5. The molecular weight excluding hydrogens is 258 g/mol. The van der Waals surface area contributed by atoms with E-state index in [-0.39, 0.29) is 19.1 Å². The maximum atomic E-state index is 11.6. The fourth-order valence-corrected chi connectivity index (χ4v) is 1.78. The molecule has 0 fully saturated rings. The predicted octanol–water partition coefficient (Wildman–Crippen LogP) is 1.20. The topological polar surface area (TPSA) is 67.8 Å². The third kappa shape index (κ3) is 7.11. The molecular formula is C15H23NO4. The Bertz CT molecular complexity index is 400. The summed E-state index contributed by atoms with van der Waals surface area (Å²) in [6.45, 7) is 5.43. The molecule has 1 aromatic rings. The summed E-state index contributed by atoms with van der Waals surface area (Å²) in [4.78, 5) is 11.6. The number of aliphatic hydroxyl groups excluding tert-OH is 1. The maximum Gasteiger partial charge on any atom is 0.257 e. The monoisotopic (exact) mass is 281 g/mol. The summed E-state index contributed by atoms with van der Waals surface area (Å²) >= 11 is 0. The zero-order chi connectivity index (χ0) is 14.8. The van der Waals surface area contributed by atoms with Gasteiger partial charge in [-0.1, -0.05) is 6.07 Å². The van der Waals surface area contributed by atoms with Gasteiger partial charge < -0.3 is 19.9 Å². The molecule has 1 aromatic carbocycles. The fraction of sp³-hybridized carbons (Fsp3) is 0.533. The van der Waals surface area contributed by atoms with E-state index in [9.17, 15) is 4.79 Å². The van der Waals surface area contributed by atoms with Gasteiger partial charge in [0.05, 0.1) is 13.2 Å². The van der Waals surface area contributed by atoms with Crippen molar-refractivity contribution in [2.45, 2.75) is 20.3 Å². The zero-order valence-corrected chi connectivity index (χ0v) is 12.1. The second kappa shape index (κ2) is 9.34. The van der Waals surface area contributed by atoms with Crippen LogP contribution >= 0.6 is 0 Å². The minimum absolute atomic E-state index is 0.0143. The molecule has 0 spiro atoms. The van der Waals surface area contributed by atoms with Crippen molar-refractivity contribution in [1.82, 2.24) is 5.32 Å². The van der Waals surface area contributed by atoms with Gasteiger partial charge in [-0.15, -0.1) is 0 Å². The van der Waals surface area contributed by atoms with Gasteiger partial charge in [-0.2, -0.15) is 0 Å². The first-order valence-corrected chi connectivity index (χ1v) is 6.78. The minimum Gasteiger partial charge on any atom is -0.484 e. The first-order chi connectivity index (χ1) is 9.61. The van der Waals surface area contributed by atoms with Crippen LogP contribution in [0, 0.1) is 13.8 Å². The smallest absolute Gasteiger partial charge is 0.257 e. The molecule has 2 N–H and O–H groups in total. The van der Waals surface area contributed by atoms with Crippen molar-refractivity contribution in [1.29, 1.82) is 0 Å². The van der Waals surface area contributed by atoms with E-state index in [1.54, 1.807) is 0 Å². The molecule has 0 aliphatic carbocycles. The standard InChI is InChI=1S/C15H23NO4/c1-12-8-13(2)10-14(9-12)20-11-15(18)16-4-3-6-19-7-5-17/h8-10,17H,3-7,11H2,1-2H3,(H,16,18). The molecule has 5 nitrogen and oxygen atoms in total. The molecule has 0 heterocycles. The van der Waals surface area contributed by atoms with Crippen LogP contribution in [-0.4, -0.2) is 44.0 Å². The van der Waals surface area contributed by atoms with Gasteiger partial charge in [0.25, 0.3) is 5.91 Å². The SMILES string of the molecule is Cc1cc(C)cc(OCC(=O)NCCCOCCO)c1. The van der Waals surface area contributed by atoms with Crippen molar-refractivity contribution in [3.05, 3.63) is 29.3 Å². The van der Waals surface area contributed by atoms with Crippen molar-refractivity contribution < 1.29 is 19.4 Å². The number of hydrogen-bond donors (Lipinski definition) is 2. The van der Waals surface area contributed by atoms with Crippen LogP contribution < -0.4 is 10.1 Å². The molecule has 0 saturated carbocycles. The molecule has 0 saturated heterocycles. The van der Waals surface area contributed by atoms with Crippen molar-refractivity contribution >= 4 is 5.91 Å². The van der Waals surface area contributed by atoms with Crippen LogP contribution in [0.5, 0.6) is 5.75 Å². The molecule has 112 valence electrons. The minimum atomic E-state index is -0.147. The van der Waals surface area contributed by atoms with Gasteiger partial charge in [0.2, 0.25) is 0 Å². The van der Waals surface area contributed by atoms with E-state index >= 15 is 0 Å². The third-order valence-electron chi connectivity index (χ3n) is 2.59. The summed E-state index contributed by atoms with van der Waals surface area (Å²) in [6.07, 6.45) is 0.718. The van der Waals surface area contributed by atoms with Crippen LogP contribution in [-0.2, 0) is 9.53 Å². The summed E-state index contributed by atoms with van der Waals surface area (Å²) in [7, 11) is 0. The van der Waals surface area contributed by atoms with Crippen molar-refractivity contribution in [3.63, 3.8) is 0 Å². The van der Waals surface area contributed by atoms with Gasteiger partial charge in [0, 0.05) is 13.2 Å². The van der Waals surface area contributed by atoms with Gasteiger partial charge in [0.15, 0.2) is 6.61 Å². The maximum absolute atomic E-state index is 11.6. The zero-order valence-electron chi connectivity index (χ0n) is 12.1. The summed E-state index contributed by atoms with van der Waals surface area (Å²) in [5.74, 6) is 0.565. The molecule has 20 heavy (non-hydrogen) atoms. The van der Waals surface area contributed by atoms with Crippen molar-refractivity contribution in [2.75, 3.05) is 33.0 Å². The Labute approximate surface area is 119 Å². The molecule has 0 atom stereocenters. The molecule has 1 rings (SSSR count). The molecule has 0 aliphatic rings. The summed E-state index contributed by atoms with van der Waals surface area (Å²) in [6, 6.07) is 5.87. The van der Waals surface area contributed by atoms with E-state index in [0.29, 0.717) is 25.5 Å². The molecule has 0 bridgehead atoms. The Morgan fingerprint density at radius 2 is 1.90 bits per heavy atom. The second-order valence-electron chi connectivity index (χ2n) is 4.65. The van der Waals surface area contributed by atoms with Gasteiger partial charge in [-0.05, 0) is 43.5 Å². The van der Waals surface area contributed by atoms with Crippen molar-refractivity contribution in [3.8, 4) is 5.75 Å². The lowest BCUT2D eigenvalue weighted by Gasteiger charge is -2.09. The lowest BCUT2D eigenvalue weighted by molar-refractivity contribution is -0.123. The Balaban J connectivity index is 2.16. The van der Waals surface area contributed by atoms with Gasteiger partial charge >= 0.3 is 0 Å². The molecule has 0 aliphatic heterocycles. The quantitative estimate of drug-likeness (QED) is 0.667. The number of nitrogens with one attached hydrogen (secondary N) is 1. The normalized spacial score (nSPS) is 10.3. The summed E-state index contributed by atoms with van der Waals surface area (Å²) < 4.78 is 10.5. The highest BCUT2D eigenvalue weighted by Crippen LogP contribution is 2.15. The first-order valence-electron chi connectivity index (χ1n) is 6.78. The number of hydrogen-bond acceptors (Lipinski definition) is 4. The Morgan fingerprint density at radius 3 is 2.55 bits per heavy atom. The van der Waals surface area contributed by atoms with E-state index in [1.807, 2.05) is 26.0 Å². The van der Waals surface area contributed by atoms with Crippen LogP contribution in [0.1, 0.15) is 17.5 Å². The average molecular weight is 281 g/mol. The average Bonchev–Trinajstić information content (AvgIpc) is 2.39. The van der Waals surface area contributed by atoms with Crippen LogP contribution in [0.25, 0.3) is 0 Å². The Hall–Kier alpha value is -1.59. The van der Waals surface area contributed by atoms with Gasteiger partial charge in [-0.25, -0.2) is 0 Å². The Morgan fingerprint density at radius 1 is 1.20 bits per heavy atom. The van der Waals surface area contributed by atoms with E-state index in [0.717, 1.165) is 17.5 Å². The second-order valence-corrected chi connectivity index (χ2v) is 4.65. The number of carbonyl (C=O) groups is 1. The lowest BCUT2D eigenvalue weighted by atomic mass is 10.1. The van der Waals surface area contributed by atoms with Crippen LogP contribution in [0.2, 0.25) is 0 Å². The summed E-state index contributed by atoms with van der Waals surface area (Å²) in [5.41, 5.74) is 2.22. The number of rotatable bonds is 9. The molecule has 0 radical (unpaired) electrons. The van der Waals surface area contributed by atoms with Gasteiger partial charge in [0.1, 0.15) is 5.75 Å². The molecule has 1 amide bonds. The molecule has 0 aromatic heterocycles. The Kier molecular flexibility index (Phi) is 7.69. The number of carbonyl (C=O) groups excluding carboxylic acids is 1. The fourth-order valence-electron chi connectivity index (χ4n) is 1.78. The largest absolute Gasteiger partial charge is 0.484 e. The molecule has 0 unspecified atom stereocenters. The van der Waals surface area contributed by atoms with Crippen LogP contribution in [0.4, 0.5) is 0 Å². The van der Waals surface area contributed by atoms with E-state index < -0.39 is 0 Å². The van der Waals surface area contributed by atoms with E-state index in [1.165, 1.54) is 0 Å². The van der Waals surface area contributed by atoms with Crippen LogP contribution in [0.3, 0.4) is 0 Å². The number of amides is 1. The lowest BCUT2D eigenvalue weighted by Crippen LogP contribution is -2.30. The van der Waals surface area contributed by atoms with E-state index in [2.05, 4.69) is 11.4 Å². The van der Waals surface area contributed by atoms with Crippen molar-refractivity contribution in [2.24, 2.45) is 0 Å². The van der Waals surface area contributed by atoms with Crippen LogP contribution in [0.15, 0.2) is 18.2 Å². The predicted molar refractivity (Wildman–Crippen MR) is 76.9 cm³/mol.